The average molecular weight is 439 g/mol. The number of rotatable bonds is 7. The number of nitrogens with zero attached hydrogens (tertiary/aromatic N) is 1. The fraction of sp³-hybridized carbons (Fsp3) is 0.130. The Hall–Kier alpha value is -3.71. The van der Waals surface area contributed by atoms with Crippen LogP contribution in [0.15, 0.2) is 71.7 Å². The summed E-state index contributed by atoms with van der Waals surface area (Å²) in [5, 5.41) is 2.83. The van der Waals surface area contributed by atoms with Crippen LogP contribution in [0.25, 0.3) is 0 Å². The van der Waals surface area contributed by atoms with Crippen molar-refractivity contribution in [1.29, 1.82) is 0 Å². The number of hydrogen-bond donors (Lipinski definition) is 3. The number of carbonyl (C=O) groups excluding carboxylic acids is 1. The number of urea groups is 1. The van der Waals surface area contributed by atoms with E-state index in [1.54, 1.807) is 13.0 Å². The van der Waals surface area contributed by atoms with Crippen LogP contribution in [-0.2, 0) is 13.2 Å². The highest BCUT2D eigenvalue weighted by atomic mass is 35.5. The number of nitrogens with two attached hydrogens (primary N) is 2. The second kappa shape index (κ2) is 10.4. The van der Waals surface area contributed by atoms with Crippen molar-refractivity contribution in [2.45, 2.75) is 20.1 Å². The Kier molecular flexibility index (Phi) is 7.35. The number of halogens is 1. The second-order valence-electron chi connectivity index (χ2n) is 6.70. The number of benzene rings is 3. The Morgan fingerprint density at radius 1 is 0.935 bits per heavy atom. The van der Waals surface area contributed by atoms with Crippen LogP contribution < -0.4 is 26.3 Å². The summed E-state index contributed by atoms with van der Waals surface area (Å²) in [5.74, 6) is 0.513. The summed E-state index contributed by atoms with van der Waals surface area (Å²) in [4.78, 5) is 15.6. The number of guanidine groups is 1. The molecule has 0 aliphatic heterocycles. The smallest absolute Gasteiger partial charge is 0.348 e. The lowest BCUT2D eigenvalue weighted by molar-refractivity contribution is 0.259. The maximum atomic E-state index is 12.1. The van der Waals surface area contributed by atoms with Gasteiger partial charge >= 0.3 is 6.03 Å². The van der Waals surface area contributed by atoms with Crippen LogP contribution in [0.5, 0.6) is 11.5 Å². The molecule has 0 saturated carbocycles. The summed E-state index contributed by atoms with van der Waals surface area (Å²) in [6.45, 7) is 2.41. The van der Waals surface area contributed by atoms with Crippen molar-refractivity contribution in [3.8, 4) is 11.5 Å². The van der Waals surface area contributed by atoms with Crippen LogP contribution in [0, 0.1) is 6.92 Å². The van der Waals surface area contributed by atoms with Gasteiger partial charge in [-0.2, -0.15) is 4.99 Å². The molecule has 5 N–H and O–H groups in total. The molecule has 0 aromatic heterocycles. The second-order valence-corrected chi connectivity index (χ2v) is 7.08. The molecule has 0 aliphatic carbocycles. The summed E-state index contributed by atoms with van der Waals surface area (Å²) in [6, 6.07) is 20.3. The molecule has 0 aliphatic rings. The van der Waals surface area contributed by atoms with Crippen LogP contribution >= 0.6 is 11.6 Å². The molecule has 7 nitrogen and oxygen atoms in total. The van der Waals surface area contributed by atoms with E-state index >= 15 is 0 Å². The van der Waals surface area contributed by atoms with E-state index in [9.17, 15) is 4.79 Å². The zero-order valence-corrected chi connectivity index (χ0v) is 17.7. The van der Waals surface area contributed by atoms with E-state index in [1.165, 1.54) is 0 Å². The Labute approximate surface area is 185 Å². The highest BCUT2D eigenvalue weighted by Crippen LogP contribution is 2.41. The first-order chi connectivity index (χ1) is 14.9. The van der Waals surface area contributed by atoms with Crippen LogP contribution in [-0.4, -0.2) is 12.0 Å². The molecule has 0 heterocycles. The lowest BCUT2D eigenvalue weighted by atomic mass is 10.1. The molecule has 2 amide bonds. The molecule has 31 heavy (non-hydrogen) atoms. The van der Waals surface area contributed by atoms with E-state index in [-0.39, 0.29) is 11.0 Å². The quantitative estimate of drug-likeness (QED) is 0.368. The third-order valence-electron chi connectivity index (χ3n) is 4.38. The lowest BCUT2D eigenvalue weighted by Crippen LogP contribution is -2.25. The third kappa shape index (κ3) is 6.13. The maximum absolute atomic E-state index is 12.1. The zero-order chi connectivity index (χ0) is 22.2. The van der Waals surface area contributed by atoms with Gasteiger partial charge in [-0.3, -0.25) is 0 Å². The Morgan fingerprint density at radius 3 is 1.97 bits per heavy atom. The molecule has 3 aromatic rings. The van der Waals surface area contributed by atoms with Gasteiger partial charge in [0.2, 0.25) is 0 Å². The monoisotopic (exact) mass is 438 g/mol. The van der Waals surface area contributed by atoms with E-state index in [0.717, 1.165) is 11.1 Å². The van der Waals surface area contributed by atoms with Crippen molar-refractivity contribution in [2.75, 3.05) is 5.32 Å². The molecule has 0 unspecified atom stereocenters. The van der Waals surface area contributed by atoms with Gasteiger partial charge < -0.3 is 26.3 Å². The average Bonchev–Trinajstić information content (AvgIpc) is 2.76. The van der Waals surface area contributed by atoms with Gasteiger partial charge in [-0.05, 0) is 18.1 Å². The standard InChI is InChI=1S/C23H23ClN4O3/c1-15-18(30-13-16-8-4-2-5-9-16)12-19(31-14-17-10-6-3-7-11-17)20(24)21(15)27-23(29)28-22(25)26/h2-12H,13-14H2,1H3,(H5,25,26,27,28,29). The molecule has 0 bridgehead atoms. The van der Waals surface area contributed by atoms with Gasteiger partial charge in [0, 0.05) is 11.6 Å². The topological polar surface area (TPSA) is 112 Å². The number of hydrogen-bond acceptors (Lipinski definition) is 3. The van der Waals surface area contributed by atoms with Crippen LogP contribution in [0.3, 0.4) is 0 Å². The van der Waals surface area contributed by atoms with E-state index in [2.05, 4.69) is 10.3 Å². The summed E-state index contributed by atoms with van der Waals surface area (Å²) >= 11 is 6.54. The van der Waals surface area contributed by atoms with E-state index < -0.39 is 6.03 Å². The van der Waals surface area contributed by atoms with E-state index in [1.807, 2.05) is 60.7 Å². The summed E-state index contributed by atoms with van der Waals surface area (Å²) < 4.78 is 11.9. The zero-order valence-electron chi connectivity index (χ0n) is 17.0. The molecule has 160 valence electrons. The van der Waals surface area contributed by atoms with Gasteiger partial charge in [-0.1, -0.05) is 72.3 Å². The minimum absolute atomic E-state index is 0.222. The van der Waals surface area contributed by atoms with E-state index in [0.29, 0.717) is 36.0 Å². The number of carbonyl (C=O) groups is 1. The fourth-order valence-electron chi connectivity index (χ4n) is 2.83. The van der Waals surface area contributed by atoms with Gasteiger partial charge in [0.1, 0.15) is 29.7 Å². The predicted molar refractivity (Wildman–Crippen MR) is 123 cm³/mol. The Morgan fingerprint density at radius 2 is 1.45 bits per heavy atom. The Balaban J connectivity index is 1.91. The van der Waals surface area contributed by atoms with Gasteiger partial charge in [-0.15, -0.1) is 0 Å². The number of nitrogens with one attached hydrogen (secondary N) is 1. The molecule has 8 heteroatoms. The normalized spacial score (nSPS) is 10.3. The van der Waals surface area contributed by atoms with Crippen molar-refractivity contribution in [2.24, 2.45) is 16.5 Å². The molecule has 0 spiro atoms. The van der Waals surface area contributed by atoms with Crippen molar-refractivity contribution in [1.82, 2.24) is 0 Å². The molecule has 0 atom stereocenters. The van der Waals surface area contributed by atoms with Gasteiger partial charge in [0.25, 0.3) is 0 Å². The first-order valence-electron chi connectivity index (χ1n) is 9.51. The van der Waals surface area contributed by atoms with Crippen molar-refractivity contribution in [3.05, 3.63) is 88.4 Å². The maximum Gasteiger partial charge on any atom is 0.348 e. The predicted octanol–water partition coefficient (Wildman–Crippen LogP) is 4.61. The molecule has 3 aromatic carbocycles. The number of ether oxygens (including phenoxy) is 2. The molecule has 0 radical (unpaired) electrons. The molecular formula is C23H23ClN4O3. The van der Waals surface area contributed by atoms with Crippen LogP contribution in [0.1, 0.15) is 16.7 Å². The summed E-state index contributed by atoms with van der Waals surface area (Å²) in [7, 11) is 0. The fourth-order valence-corrected chi connectivity index (χ4v) is 3.13. The molecule has 0 fully saturated rings. The minimum Gasteiger partial charge on any atom is -0.488 e. The van der Waals surface area contributed by atoms with Crippen molar-refractivity contribution < 1.29 is 14.3 Å². The SMILES string of the molecule is Cc1c(OCc2ccccc2)cc(OCc2ccccc2)c(Cl)c1NC(=O)N=C(N)N. The molecular weight excluding hydrogens is 416 g/mol. The highest BCUT2D eigenvalue weighted by Gasteiger charge is 2.19. The highest BCUT2D eigenvalue weighted by molar-refractivity contribution is 6.35. The third-order valence-corrected chi connectivity index (χ3v) is 4.75. The van der Waals surface area contributed by atoms with Crippen LogP contribution in [0.4, 0.5) is 10.5 Å². The number of amides is 2. The first-order valence-corrected chi connectivity index (χ1v) is 9.89. The molecule has 3 rings (SSSR count). The van der Waals surface area contributed by atoms with Crippen molar-refractivity contribution in [3.63, 3.8) is 0 Å². The lowest BCUT2D eigenvalue weighted by Gasteiger charge is -2.18. The van der Waals surface area contributed by atoms with Crippen molar-refractivity contribution >= 4 is 29.3 Å². The number of anilines is 1. The first kappa shape index (κ1) is 22.0. The summed E-state index contributed by atoms with van der Waals surface area (Å²) in [6.07, 6.45) is 0. The van der Waals surface area contributed by atoms with Gasteiger partial charge in [0.15, 0.2) is 5.96 Å². The van der Waals surface area contributed by atoms with E-state index in [4.69, 9.17) is 32.5 Å². The van der Waals surface area contributed by atoms with Gasteiger partial charge in [0.05, 0.1) is 5.69 Å². The molecule has 0 saturated heterocycles. The minimum atomic E-state index is -0.751. The van der Waals surface area contributed by atoms with Gasteiger partial charge in [-0.25, -0.2) is 4.79 Å². The number of aliphatic imine (C=N–C) groups is 1. The van der Waals surface area contributed by atoms with Crippen LogP contribution in [0.2, 0.25) is 5.02 Å². The summed E-state index contributed by atoms with van der Waals surface area (Å²) in [5.41, 5.74) is 13.5. The Bertz CT molecular complexity index is 1000. The largest absolute Gasteiger partial charge is 0.488 e.